The van der Waals surface area contributed by atoms with Crippen LogP contribution < -0.4 is 15.1 Å². The van der Waals surface area contributed by atoms with E-state index in [9.17, 15) is 10.1 Å². The number of amidine groups is 1. The van der Waals surface area contributed by atoms with E-state index in [0.29, 0.717) is 27.1 Å². The Morgan fingerprint density at radius 2 is 2.09 bits per heavy atom. The molecule has 23 heavy (non-hydrogen) atoms. The predicted octanol–water partition coefficient (Wildman–Crippen LogP) is 3.89. The smallest absolute Gasteiger partial charge is 0.277 e. The summed E-state index contributed by atoms with van der Waals surface area (Å²) in [5.74, 6) is 0.745. The number of aliphatic imine (C=N–C) groups is 1. The molecule has 2 aromatic rings. The number of nitro benzene ring substituents is 1. The van der Waals surface area contributed by atoms with Gasteiger partial charge in [0, 0.05) is 10.6 Å². The lowest BCUT2D eigenvalue weighted by molar-refractivity contribution is -0.385. The fraction of sp³-hybridized carbons (Fsp3) is 0.0714. The van der Waals surface area contributed by atoms with Gasteiger partial charge in [0.15, 0.2) is 23.0 Å². The van der Waals surface area contributed by atoms with Crippen molar-refractivity contribution in [3.8, 4) is 11.5 Å². The van der Waals surface area contributed by atoms with E-state index in [1.54, 1.807) is 18.2 Å². The van der Waals surface area contributed by atoms with E-state index in [1.165, 1.54) is 19.2 Å². The summed E-state index contributed by atoms with van der Waals surface area (Å²) in [5.41, 5.74) is 3.35. The number of rotatable bonds is 3. The van der Waals surface area contributed by atoms with Crippen molar-refractivity contribution in [2.45, 2.75) is 0 Å². The molecule has 0 saturated carbocycles. The van der Waals surface area contributed by atoms with Gasteiger partial charge in [-0.1, -0.05) is 23.2 Å². The molecule has 1 heterocycles. The van der Waals surface area contributed by atoms with Crippen LogP contribution in [-0.2, 0) is 0 Å². The number of nitro groups is 1. The molecule has 1 aliphatic heterocycles. The molecule has 1 aliphatic rings. The van der Waals surface area contributed by atoms with Crippen LogP contribution in [0.5, 0.6) is 11.5 Å². The molecule has 1 N–H and O–H groups in total. The van der Waals surface area contributed by atoms with Gasteiger partial charge in [-0.2, -0.15) is 0 Å². The maximum Gasteiger partial charge on any atom is 0.277 e. The van der Waals surface area contributed by atoms with Crippen LogP contribution in [0.15, 0.2) is 35.3 Å². The van der Waals surface area contributed by atoms with Crippen LogP contribution >= 0.6 is 23.2 Å². The number of methoxy groups -OCH3 is 1. The zero-order chi connectivity index (χ0) is 16.6. The van der Waals surface area contributed by atoms with Gasteiger partial charge >= 0.3 is 0 Å². The van der Waals surface area contributed by atoms with Gasteiger partial charge in [0.1, 0.15) is 0 Å². The SMILES string of the molecule is COc1cc([N+](=O)[O-])cc2c1N=C(c1ccc(Cl)cc1Cl)NO2. The fourth-order valence-corrected chi connectivity index (χ4v) is 2.55. The van der Waals surface area contributed by atoms with Crippen molar-refractivity contribution in [3.05, 3.63) is 56.1 Å². The van der Waals surface area contributed by atoms with Crippen LogP contribution in [0, 0.1) is 10.1 Å². The lowest BCUT2D eigenvalue weighted by atomic mass is 10.2. The number of non-ortho nitro benzene ring substituents is 1. The minimum absolute atomic E-state index is 0.162. The summed E-state index contributed by atoms with van der Waals surface area (Å²) < 4.78 is 5.16. The maximum atomic E-state index is 10.9. The van der Waals surface area contributed by atoms with Crippen LogP contribution in [0.1, 0.15) is 5.56 Å². The first-order valence-electron chi connectivity index (χ1n) is 6.33. The molecule has 9 heteroatoms. The zero-order valence-electron chi connectivity index (χ0n) is 11.7. The molecule has 0 aromatic heterocycles. The molecule has 0 unspecified atom stereocenters. The first kappa shape index (κ1) is 15.4. The van der Waals surface area contributed by atoms with E-state index in [0.717, 1.165) is 0 Å². The topological polar surface area (TPSA) is 86.0 Å². The molecular weight excluding hydrogens is 345 g/mol. The molecule has 7 nitrogen and oxygen atoms in total. The number of ether oxygens (including phenoxy) is 1. The van der Waals surface area contributed by atoms with Crippen molar-refractivity contribution in [2.75, 3.05) is 7.11 Å². The number of fused-ring (bicyclic) bond motifs is 1. The van der Waals surface area contributed by atoms with Crippen LogP contribution in [0.3, 0.4) is 0 Å². The molecular formula is C14H9Cl2N3O4. The molecule has 0 radical (unpaired) electrons. The third-order valence-corrected chi connectivity index (χ3v) is 3.67. The highest BCUT2D eigenvalue weighted by molar-refractivity contribution is 6.37. The Balaban J connectivity index is 2.11. The highest BCUT2D eigenvalue weighted by Crippen LogP contribution is 2.42. The van der Waals surface area contributed by atoms with Gasteiger partial charge < -0.3 is 9.57 Å². The summed E-state index contributed by atoms with van der Waals surface area (Å²) in [6, 6.07) is 7.45. The van der Waals surface area contributed by atoms with Gasteiger partial charge in [0.2, 0.25) is 0 Å². The average molecular weight is 354 g/mol. The number of benzene rings is 2. The first-order chi connectivity index (χ1) is 11.0. The third-order valence-electron chi connectivity index (χ3n) is 3.12. The number of hydroxylamine groups is 1. The van der Waals surface area contributed by atoms with E-state index in [4.69, 9.17) is 32.8 Å². The van der Waals surface area contributed by atoms with E-state index < -0.39 is 4.92 Å². The number of hydrogen-bond acceptors (Lipinski definition) is 6. The third kappa shape index (κ3) is 2.88. The molecule has 0 aliphatic carbocycles. The number of halogens is 2. The summed E-state index contributed by atoms with van der Waals surface area (Å²) in [7, 11) is 1.39. The number of hydrogen-bond donors (Lipinski definition) is 1. The summed E-state index contributed by atoms with van der Waals surface area (Å²) in [6.45, 7) is 0. The summed E-state index contributed by atoms with van der Waals surface area (Å²) >= 11 is 12.0. The Labute approximate surface area is 140 Å². The molecule has 2 aromatic carbocycles. The van der Waals surface area contributed by atoms with Gasteiger partial charge in [0.05, 0.1) is 29.2 Å². The normalized spacial score (nSPS) is 12.6. The predicted molar refractivity (Wildman–Crippen MR) is 86.1 cm³/mol. The summed E-state index contributed by atoms with van der Waals surface area (Å²) in [6.07, 6.45) is 0. The molecule has 0 bridgehead atoms. The Hall–Kier alpha value is -2.51. The van der Waals surface area contributed by atoms with E-state index in [2.05, 4.69) is 10.5 Å². The molecule has 0 amide bonds. The first-order valence-corrected chi connectivity index (χ1v) is 7.08. The Morgan fingerprint density at radius 3 is 2.74 bits per heavy atom. The fourth-order valence-electron chi connectivity index (χ4n) is 2.05. The molecule has 3 rings (SSSR count). The molecule has 0 spiro atoms. The largest absolute Gasteiger partial charge is 0.494 e. The van der Waals surface area contributed by atoms with E-state index in [-0.39, 0.29) is 17.2 Å². The van der Waals surface area contributed by atoms with Crippen LogP contribution in [0.4, 0.5) is 11.4 Å². The van der Waals surface area contributed by atoms with Crippen molar-refractivity contribution < 1.29 is 14.5 Å². The van der Waals surface area contributed by atoms with Gasteiger partial charge in [-0.25, -0.2) is 10.5 Å². The lowest BCUT2D eigenvalue weighted by Gasteiger charge is -2.20. The second kappa shape index (κ2) is 5.94. The Kier molecular flexibility index (Phi) is 3.97. The van der Waals surface area contributed by atoms with Crippen molar-refractivity contribution >= 4 is 40.4 Å². The molecule has 118 valence electrons. The van der Waals surface area contributed by atoms with Gasteiger partial charge in [-0.15, -0.1) is 0 Å². The van der Waals surface area contributed by atoms with Crippen molar-refractivity contribution in [1.29, 1.82) is 0 Å². The Morgan fingerprint density at radius 1 is 1.30 bits per heavy atom. The van der Waals surface area contributed by atoms with Crippen LogP contribution in [0.25, 0.3) is 0 Å². The second-order valence-corrected chi connectivity index (χ2v) is 5.38. The van der Waals surface area contributed by atoms with Gasteiger partial charge in [-0.3, -0.25) is 10.1 Å². The minimum Gasteiger partial charge on any atom is -0.494 e. The van der Waals surface area contributed by atoms with E-state index >= 15 is 0 Å². The molecule has 0 fully saturated rings. The molecule has 0 saturated heterocycles. The van der Waals surface area contributed by atoms with Crippen LogP contribution in [-0.4, -0.2) is 17.9 Å². The lowest BCUT2D eigenvalue weighted by Crippen LogP contribution is -2.30. The highest BCUT2D eigenvalue weighted by atomic mass is 35.5. The minimum atomic E-state index is -0.540. The standard InChI is InChI=1S/C14H9Cl2N3O4/c1-22-11-5-8(19(20)21)6-12-13(11)17-14(18-23-12)9-3-2-7(15)4-10(9)16/h2-6H,1H3,(H,17,18). The average Bonchev–Trinajstić information content (AvgIpc) is 2.53. The maximum absolute atomic E-state index is 10.9. The highest BCUT2D eigenvalue weighted by Gasteiger charge is 2.24. The quantitative estimate of drug-likeness (QED) is 0.668. The number of nitrogens with zero attached hydrogens (tertiary/aromatic N) is 2. The zero-order valence-corrected chi connectivity index (χ0v) is 13.2. The van der Waals surface area contributed by atoms with E-state index in [1.807, 2.05) is 0 Å². The van der Waals surface area contributed by atoms with Crippen molar-refractivity contribution in [3.63, 3.8) is 0 Å². The Bertz CT molecular complexity index is 839. The summed E-state index contributed by atoms with van der Waals surface area (Å²) in [4.78, 5) is 20.1. The molecule has 0 atom stereocenters. The van der Waals surface area contributed by atoms with Crippen molar-refractivity contribution in [2.24, 2.45) is 4.99 Å². The second-order valence-electron chi connectivity index (χ2n) is 4.54. The van der Waals surface area contributed by atoms with Gasteiger partial charge in [0.25, 0.3) is 5.69 Å². The number of nitrogens with one attached hydrogen (secondary N) is 1. The summed E-state index contributed by atoms with van der Waals surface area (Å²) in [5, 5.41) is 11.8. The van der Waals surface area contributed by atoms with Crippen LogP contribution in [0.2, 0.25) is 10.0 Å². The monoisotopic (exact) mass is 353 g/mol. The van der Waals surface area contributed by atoms with Gasteiger partial charge in [-0.05, 0) is 18.2 Å². The van der Waals surface area contributed by atoms with Crippen molar-refractivity contribution in [1.82, 2.24) is 5.48 Å².